The Hall–Kier alpha value is -1.60. The van der Waals surface area contributed by atoms with Crippen molar-refractivity contribution >= 4 is 21.6 Å². The Balaban J connectivity index is 1.87. The van der Waals surface area contributed by atoms with Gasteiger partial charge in [0, 0.05) is 16.7 Å². The van der Waals surface area contributed by atoms with Gasteiger partial charge in [0.25, 0.3) is 0 Å². The second-order valence-corrected chi connectivity index (χ2v) is 4.58. The quantitative estimate of drug-likeness (QED) is 0.770. The summed E-state index contributed by atoms with van der Waals surface area (Å²) in [5, 5.41) is 18.6. The van der Waals surface area contributed by atoms with Gasteiger partial charge in [0.15, 0.2) is 0 Å². The van der Waals surface area contributed by atoms with Crippen molar-refractivity contribution in [3.05, 3.63) is 45.2 Å². The van der Waals surface area contributed by atoms with Crippen molar-refractivity contribution in [2.24, 2.45) is 0 Å². The summed E-state index contributed by atoms with van der Waals surface area (Å²) in [6, 6.07) is 7.60. The van der Waals surface area contributed by atoms with Crippen LogP contribution < -0.4 is 11.1 Å². The molecule has 1 aromatic carbocycles. The number of aliphatic hydroxyl groups excluding tert-OH is 1. The molecule has 3 N–H and O–H groups in total. The first-order valence-electron chi connectivity index (χ1n) is 5.36. The fraction of sp³-hybridized carbons (Fsp3) is 0.273. The van der Waals surface area contributed by atoms with E-state index in [9.17, 15) is 9.90 Å². The summed E-state index contributed by atoms with van der Waals surface area (Å²) in [7, 11) is 0. The third kappa shape index (κ3) is 3.44. The first-order valence-corrected chi connectivity index (χ1v) is 6.15. The van der Waals surface area contributed by atoms with E-state index in [1.165, 1.54) is 0 Å². The van der Waals surface area contributed by atoms with Crippen molar-refractivity contribution in [2.45, 2.75) is 12.5 Å². The number of aliphatic hydroxyl groups is 1. The molecular formula is C11H12BrN3O3. The molecule has 1 heterocycles. The van der Waals surface area contributed by atoms with Crippen LogP contribution >= 0.6 is 15.9 Å². The van der Waals surface area contributed by atoms with Gasteiger partial charge in [-0.3, -0.25) is 0 Å². The second-order valence-electron chi connectivity index (χ2n) is 3.73. The van der Waals surface area contributed by atoms with Crippen LogP contribution in [-0.2, 0) is 6.42 Å². The van der Waals surface area contributed by atoms with E-state index < -0.39 is 11.9 Å². The molecule has 0 radical (unpaired) electrons. The number of nitrogens with one attached hydrogen (secondary N) is 2. The van der Waals surface area contributed by atoms with Gasteiger partial charge in [-0.25, -0.2) is 9.89 Å². The molecule has 2 rings (SSSR count). The molecule has 96 valence electrons. The third-order valence-electron chi connectivity index (χ3n) is 2.29. The number of halogens is 1. The number of rotatable bonds is 5. The van der Waals surface area contributed by atoms with Crippen molar-refractivity contribution < 1.29 is 9.52 Å². The molecule has 1 atom stereocenters. The minimum atomic E-state index is -0.691. The molecule has 0 saturated carbocycles. The molecule has 0 aliphatic rings. The first-order chi connectivity index (χ1) is 8.65. The van der Waals surface area contributed by atoms with E-state index in [1.54, 1.807) is 0 Å². The largest absolute Gasteiger partial charge is 0.434 e. The van der Waals surface area contributed by atoms with Crippen LogP contribution in [0.2, 0.25) is 0 Å². The van der Waals surface area contributed by atoms with Gasteiger partial charge in [0.05, 0.1) is 12.5 Å². The first kappa shape index (κ1) is 12.8. The van der Waals surface area contributed by atoms with Crippen LogP contribution in [0.3, 0.4) is 0 Å². The molecule has 0 fully saturated rings. The lowest BCUT2D eigenvalue weighted by atomic mass is 10.2. The van der Waals surface area contributed by atoms with E-state index in [4.69, 9.17) is 4.42 Å². The molecule has 0 aliphatic heterocycles. The molecule has 1 unspecified atom stereocenters. The molecule has 0 aliphatic carbocycles. The summed E-state index contributed by atoms with van der Waals surface area (Å²) >= 11 is 3.40. The average molecular weight is 314 g/mol. The number of aromatic nitrogens is 2. The van der Waals surface area contributed by atoms with Crippen molar-refractivity contribution in [1.82, 2.24) is 10.2 Å². The summed E-state index contributed by atoms with van der Waals surface area (Å²) in [4.78, 5) is 10.7. The molecule has 0 spiro atoms. The Kier molecular flexibility index (Phi) is 4.16. The Morgan fingerprint density at radius 2 is 2.28 bits per heavy atom. The number of para-hydroxylation sites is 1. The zero-order valence-electron chi connectivity index (χ0n) is 9.39. The maximum absolute atomic E-state index is 10.7. The number of hydrogen-bond acceptors (Lipinski definition) is 5. The van der Waals surface area contributed by atoms with Crippen LogP contribution in [0.25, 0.3) is 0 Å². The molecule has 0 bridgehead atoms. The topological polar surface area (TPSA) is 91.2 Å². The zero-order chi connectivity index (χ0) is 13.0. The number of aromatic amines is 1. The predicted octanol–water partition coefficient (Wildman–Crippen LogP) is 1.14. The molecule has 0 saturated heterocycles. The molecule has 2 aromatic rings. The van der Waals surface area contributed by atoms with E-state index in [2.05, 4.69) is 31.4 Å². The Labute approximate surface area is 111 Å². The average Bonchev–Trinajstić information content (AvgIpc) is 2.74. The van der Waals surface area contributed by atoms with Crippen molar-refractivity contribution in [2.75, 3.05) is 11.9 Å². The smallest absolute Gasteiger partial charge is 0.392 e. The molecule has 6 nitrogen and oxygen atoms in total. The highest BCUT2D eigenvalue weighted by molar-refractivity contribution is 9.10. The van der Waals surface area contributed by atoms with Gasteiger partial charge in [-0.1, -0.05) is 12.1 Å². The van der Waals surface area contributed by atoms with E-state index in [0.29, 0.717) is 6.54 Å². The summed E-state index contributed by atoms with van der Waals surface area (Å²) in [5.41, 5.74) is 0.889. The predicted molar refractivity (Wildman–Crippen MR) is 69.5 cm³/mol. The normalized spacial score (nSPS) is 12.3. The summed E-state index contributed by atoms with van der Waals surface area (Å²) < 4.78 is 5.63. The van der Waals surface area contributed by atoms with Crippen LogP contribution in [0.5, 0.6) is 0 Å². The zero-order valence-corrected chi connectivity index (χ0v) is 11.0. The second kappa shape index (κ2) is 5.83. The van der Waals surface area contributed by atoms with Crippen molar-refractivity contribution in [3.63, 3.8) is 0 Å². The lowest BCUT2D eigenvalue weighted by Gasteiger charge is -2.12. The highest BCUT2D eigenvalue weighted by atomic mass is 79.9. The van der Waals surface area contributed by atoms with Crippen LogP contribution in [-0.4, -0.2) is 28.0 Å². The molecule has 1 aromatic heterocycles. The van der Waals surface area contributed by atoms with E-state index >= 15 is 0 Å². The number of nitrogens with zero attached hydrogens (tertiary/aromatic N) is 1. The fourth-order valence-corrected chi connectivity index (χ4v) is 1.88. The minimum Gasteiger partial charge on any atom is -0.392 e. The highest BCUT2D eigenvalue weighted by Crippen LogP contribution is 2.20. The maximum Gasteiger partial charge on any atom is 0.434 e. The Morgan fingerprint density at radius 3 is 2.94 bits per heavy atom. The standard InChI is InChI=1S/C11H12BrN3O3/c12-8-3-1-2-4-9(8)13-6-7(16)5-10-14-15-11(17)18-10/h1-4,7,13,16H,5-6H2,(H,15,17). The summed E-state index contributed by atoms with van der Waals surface area (Å²) in [6.45, 7) is 0.333. The highest BCUT2D eigenvalue weighted by Gasteiger charge is 2.10. The van der Waals surface area contributed by atoms with E-state index in [1.807, 2.05) is 24.3 Å². The van der Waals surface area contributed by atoms with Gasteiger partial charge in [0.2, 0.25) is 5.89 Å². The Bertz CT molecular complexity index is 566. The van der Waals surface area contributed by atoms with Gasteiger partial charge < -0.3 is 14.8 Å². The number of benzene rings is 1. The van der Waals surface area contributed by atoms with Crippen molar-refractivity contribution in [3.8, 4) is 0 Å². The van der Waals surface area contributed by atoms with E-state index in [-0.39, 0.29) is 12.3 Å². The third-order valence-corrected chi connectivity index (χ3v) is 2.99. The molecule has 0 amide bonds. The lowest BCUT2D eigenvalue weighted by Crippen LogP contribution is -2.22. The molecule has 7 heteroatoms. The fourth-order valence-electron chi connectivity index (χ4n) is 1.45. The number of hydrogen-bond donors (Lipinski definition) is 3. The van der Waals surface area contributed by atoms with Gasteiger partial charge in [0.1, 0.15) is 0 Å². The SMILES string of the molecule is O=c1[nH]nc(CC(O)CNc2ccccc2Br)o1. The Morgan fingerprint density at radius 1 is 1.50 bits per heavy atom. The van der Waals surface area contributed by atoms with Gasteiger partial charge >= 0.3 is 5.76 Å². The van der Waals surface area contributed by atoms with Crippen LogP contribution in [0.1, 0.15) is 5.89 Å². The monoisotopic (exact) mass is 313 g/mol. The van der Waals surface area contributed by atoms with Crippen LogP contribution in [0.4, 0.5) is 5.69 Å². The molecular weight excluding hydrogens is 302 g/mol. The summed E-state index contributed by atoms with van der Waals surface area (Å²) in [6.07, 6.45) is -0.514. The van der Waals surface area contributed by atoms with Crippen molar-refractivity contribution in [1.29, 1.82) is 0 Å². The summed E-state index contributed by atoms with van der Waals surface area (Å²) in [5.74, 6) is -0.419. The maximum atomic E-state index is 10.7. The van der Waals surface area contributed by atoms with Gasteiger partial charge in [-0.15, -0.1) is 5.10 Å². The lowest BCUT2D eigenvalue weighted by molar-refractivity contribution is 0.177. The minimum absolute atomic E-state index is 0.177. The number of H-pyrrole nitrogens is 1. The molecule has 18 heavy (non-hydrogen) atoms. The van der Waals surface area contributed by atoms with Gasteiger partial charge in [-0.05, 0) is 28.1 Å². The van der Waals surface area contributed by atoms with Gasteiger partial charge in [-0.2, -0.15) is 0 Å². The van der Waals surface area contributed by atoms with E-state index in [0.717, 1.165) is 10.2 Å². The van der Waals surface area contributed by atoms with Crippen LogP contribution in [0, 0.1) is 0 Å². The number of anilines is 1. The van der Waals surface area contributed by atoms with Crippen LogP contribution in [0.15, 0.2) is 37.9 Å².